The second-order valence-corrected chi connectivity index (χ2v) is 2.20. The summed E-state index contributed by atoms with van der Waals surface area (Å²) in [6, 6.07) is 1.65. The fourth-order valence-corrected chi connectivity index (χ4v) is 0.909. The lowest BCUT2D eigenvalue weighted by Gasteiger charge is -1.95. The van der Waals surface area contributed by atoms with Crippen molar-refractivity contribution in [2.24, 2.45) is 0 Å². The largest absolute Gasteiger partial charge is 0.392 e. The highest BCUT2D eigenvalue weighted by atomic mass is 16.6. The maximum Gasteiger partial charge on any atom is 0.362 e. The van der Waals surface area contributed by atoms with Crippen LogP contribution >= 0.6 is 0 Å². The van der Waals surface area contributed by atoms with E-state index in [1.54, 1.807) is 6.07 Å². The van der Waals surface area contributed by atoms with E-state index in [-0.39, 0.29) is 24.5 Å². The number of rotatable bonds is 3. The van der Waals surface area contributed by atoms with Gasteiger partial charge in [0.1, 0.15) is 12.6 Å². The van der Waals surface area contributed by atoms with Crippen molar-refractivity contribution < 1.29 is 10.0 Å². The van der Waals surface area contributed by atoms with Crippen LogP contribution in [0.5, 0.6) is 0 Å². The van der Waals surface area contributed by atoms with Gasteiger partial charge in [-0.25, -0.2) is 0 Å². The van der Waals surface area contributed by atoms with Crippen molar-refractivity contribution >= 4 is 5.82 Å². The molecule has 0 radical (unpaired) electrons. The number of hydrogen-bond donors (Lipinski definition) is 1. The van der Waals surface area contributed by atoms with Gasteiger partial charge in [-0.05, 0) is 4.92 Å². The number of hydrogen-bond acceptors (Lipinski definition) is 5. The van der Waals surface area contributed by atoms with Crippen LogP contribution in [-0.4, -0.2) is 26.4 Å². The normalized spacial score (nSPS) is 9.54. The van der Waals surface area contributed by atoms with Crippen LogP contribution in [0.25, 0.3) is 0 Å². The predicted octanol–water partition coefficient (Wildman–Crippen LogP) is -0.345. The molecule has 7 heteroatoms. The van der Waals surface area contributed by atoms with E-state index >= 15 is 0 Å². The molecule has 0 saturated heterocycles. The number of aromatic nitrogens is 2. The third-order valence-electron chi connectivity index (χ3n) is 1.42. The maximum atomic E-state index is 10.4. The molecule has 7 nitrogen and oxygen atoms in total. The Kier molecular flexibility index (Phi) is 2.56. The first-order valence-electron chi connectivity index (χ1n) is 3.42. The molecule has 1 heterocycles. The summed E-state index contributed by atoms with van der Waals surface area (Å²) in [5.41, 5.74) is -0.0987. The zero-order valence-electron chi connectivity index (χ0n) is 6.54. The Morgan fingerprint density at radius 1 is 1.85 bits per heavy atom. The number of nitro groups is 1. The second-order valence-electron chi connectivity index (χ2n) is 2.20. The Morgan fingerprint density at radius 3 is 3.00 bits per heavy atom. The van der Waals surface area contributed by atoms with Crippen LogP contribution < -0.4 is 0 Å². The Morgan fingerprint density at radius 2 is 2.54 bits per heavy atom. The lowest BCUT2D eigenvalue weighted by Crippen LogP contribution is -2.07. The molecule has 0 aliphatic rings. The highest BCUT2D eigenvalue weighted by Gasteiger charge is 2.20. The Hall–Kier alpha value is -1.94. The topological polar surface area (TPSA) is 105 Å². The number of nitriles is 1. The zero-order valence-corrected chi connectivity index (χ0v) is 6.54. The van der Waals surface area contributed by atoms with Crippen LogP contribution in [0.15, 0.2) is 6.20 Å². The molecule has 1 rings (SSSR count). The lowest BCUT2D eigenvalue weighted by molar-refractivity contribution is -0.393. The highest BCUT2D eigenvalue weighted by Crippen LogP contribution is 2.16. The van der Waals surface area contributed by atoms with E-state index in [0.29, 0.717) is 0 Å². The van der Waals surface area contributed by atoms with Crippen molar-refractivity contribution in [3.63, 3.8) is 0 Å². The molecule has 0 fully saturated rings. The molecule has 0 aliphatic carbocycles. The molecule has 13 heavy (non-hydrogen) atoms. The van der Waals surface area contributed by atoms with Gasteiger partial charge in [0, 0.05) is 0 Å². The highest BCUT2D eigenvalue weighted by molar-refractivity contribution is 5.41. The summed E-state index contributed by atoms with van der Waals surface area (Å²) >= 11 is 0. The van der Waals surface area contributed by atoms with Crippen molar-refractivity contribution in [2.45, 2.75) is 6.54 Å². The first kappa shape index (κ1) is 9.15. The zero-order chi connectivity index (χ0) is 9.84. The summed E-state index contributed by atoms with van der Waals surface area (Å²) in [5.74, 6) is -0.378. The van der Waals surface area contributed by atoms with E-state index in [1.165, 1.54) is 0 Å². The minimum absolute atomic E-state index is 0.0119. The van der Waals surface area contributed by atoms with Gasteiger partial charge in [0.15, 0.2) is 5.56 Å². The van der Waals surface area contributed by atoms with Gasteiger partial charge >= 0.3 is 5.82 Å². The average molecular weight is 182 g/mol. The summed E-state index contributed by atoms with van der Waals surface area (Å²) in [7, 11) is 0. The summed E-state index contributed by atoms with van der Waals surface area (Å²) in [6.45, 7) is -0.245. The van der Waals surface area contributed by atoms with Crippen LogP contribution in [-0.2, 0) is 6.54 Å². The van der Waals surface area contributed by atoms with E-state index in [4.69, 9.17) is 10.4 Å². The van der Waals surface area contributed by atoms with Crippen molar-refractivity contribution in [1.82, 2.24) is 9.78 Å². The molecule has 0 aromatic carbocycles. The molecular weight excluding hydrogens is 176 g/mol. The first-order valence-corrected chi connectivity index (χ1v) is 3.42. The van der Waals surface area contributed by atoms with Gasteiger partial charge < -0.3 is 15.2 Å². The molecule has 1 aromatic rings. The molecule has 0 amide bonds. The summed E-state index contributed by atoms with van der Waals surface area (Å²) in [4.78, 5) is 9.76. The van der Waals surface area contributed by atoms with Gasteiger partial charge in [-0.15, -0.1) is 4.68 Å². The fourth-order valence-electron chi connectivity index (χ4n) is 0.909. The first-order chi connectivity index (χ1) is 6.20. The summed E-state index contributed by atoms with van der Waals surface area (Å²) in [6.07, 6.45) is 1.10. The van der Waals surface area contributed by atoms with Gasteiger partial charge in [-0.3, -0.25) is 0 Å². The molecule has 0 bridgehead atoms. The van der Waals surface area contributed by atoms with E-state index in [9.17, 15) is 10.1 Å². The molecule has 0 unspecified atom stereocenters. The van der Waals surface area contributed by atoms with Crippen molar-refractivity contribution in [3.05, 3.63) is 21.9 Å². The predicted molar refractivity (Wildman–Crippen MR) is 40.7 cm³/mol. The molecule has 0 spiro atoms. The van der Waals surface area contributed by atoms with Crippen LogP contribution in [0.4, 0.5) is 5.82 Å². The molecule has 1 aromatic heterocycles. The standard InChI is InChI=1S/C6H6N4O3/c7-3-5-4-8-9(1-2-11)6(5)10(12)13/h4,11H,1-2H2. The van der Waals surface area contributed by atoms with E-state index < -0.39 is 4.92 Å². The van der Waals surface area contributed by atoms with Crippen LogP contribution in [0.1, 0.15) is 5.56 Å². The van der Waals surface area contributed by atoms with Gasteiger partial charge in [0.2, 0.25) is 0 Å². The van der Waals surface area contributed by atoms with Crippen LogP contribution in [0.2, 0.25) is 0 Å². The van der Waals surface area contributed by atoms with Crippen molar-refractivity contribution in [2.75, 3.05) is 6.61 Å². The molecule has 68 valence electrons. The monoisotopic (exact) mass is 182 g/mol. The molecule has 1 N–H and O–H groups in total. The average Bonchev–Trinajstić information content (AvgIpc) is 2.48. The van der Waals surface area contributed by atoms with Crippen molar-refractivity contribution in [3.8, 4) is 6.07 Å². The smallest absolute Gasteiger partial charge is 0.362 e. The van der Waals surface area contributed by atoms with E-state index in [1.807, 2.05) is 0 Å². The second kappa shape index (κ2) is 3.64. The molecule has 0 atom stereocenters. The minimum Gasteiger partial charge on any atom is -0.392 e. The molecule has 0 aliphatic heterocycles. The van der Waals surface area contributed by atoms with Crippen LogP contribution in [0, 0.1) is 21.4 Å². The Balaban J connectivity index is 3.16. The van der Waals surface area contributed by atoms with Gasteiger partial charge in [-0.2, -0.15) is 5.26 Å². The third-order valence-corrected chi connectivity index (χ3v) is 1.42. The fraction of sp³-hybridized carbons (Fsp3) is 0.333. The van der Waals surface area contributed by atoms with Crippen LogP contribution in [0.3, 0.4) is 0 Å². The number of aliphatic hydroxyl groups excluding tert-OH is 1. The molecule has 0 saturated carbocycles. The number of nitrogens with zero attached hydrogens (tertiary/aromatic N) is 4. The Bertz CT molecular complexity index is 364. The SMILES string of the molecule is N#Cc1cnn(CCO)c1[N+](=O)[O-]. The number of aliphatic hydroxyl groups is 1. The van der Waals surface area contributed by atoms with E-state index in [0.717, 1.165) is 10.9 Å². The van der Waals surface area contributed by atoms with Gasteiger partial charge in [-0.1, -0.05) is 5.10 Å². The minimum atomic E-state index is -0.693. The summed E-state index contributed by atoms with van der Waals surface area (Å²) < 4.78 is 0.985. The van der Waals surface area contributed by atoms with Crippen molar-refractivity contribution in [1.29, 1.82) is 5.26 Å². The Labute approximate surface area is 73.0 Å². The van der Waals surface area contributed by atoms with Gasteiger partial charge in [0.05, 0.1) is 12.8 Å². The lowest BCUT2D eigenvalue weighted by atomic mass is 10.4. The molecular formula is C6H6N4O3. The summed E-state index contributed by atoms with van der Waals surface area (Å²) in [5, 5.41) is 31.1. The quantitative estimate of drug-likeness (QED) is 0.508. The third kappa shape index (κ3) is 1.62. The van der Waals surface area contributed by atoms with E-state index in [2.05, 4.69) is 5.10 Å². The van der Waals surface area contributed by atoms with Gasteiger partial charge in [0.25, 0.3) is 0 Å². The maximum absolute atomic E-state index is 10.4.